The Labute approximate surface area is 164 Å². The molecule has 3 heteroatoms. The summed E-state index contributed by atoms with van der Waals surface area (Å²) in [7, 11) is 1.64. The zero-order valence-electron chi connectivity index (χ0n) is 15.5. The Morgan fingerprint density at radius 1 is 0.821 bits per heavy atom. The number of benzene rings is 2. The van der Waals surface area contributed by atoms with Crippen molar-refractivity contribution >= 4 is 5.65 Å². The summed E-state index contributed by atoms with van der Waals surface area (Å²) in [6.45, 7) is 0.370. The monoisotopic (exact) mass is 362 g/mol. The summed E-state index contributed by atoms with van der Waals surface area (Å²) in [4.78, 5) is 4.79. The number of hydrogen-bond donors (Lipinski definition) is 0. The van der Waals surface area contributed by atoms with Crippen molar-refractivity contribution in [3.05, 3.63) is 95.8 Å². The molecule has 0 aliphatic heterocycles. The molecule has 2 aromatic carbocycles. The van der Waals surface area contributed by atoms with Crippen molar-refractivity contribution in [1.29, 1.82) is 0 Å². The summed E-state index contributed by atoms with van der Waals surface area (Å²) in [5, 5.41) is 0. The van der Waals surface area contributed by atoms with Crippen LogP contribution in [-0.4, -0.2) is 23.1 Å². The maximum absolute atomic E-state index is 5.08. The first kappa shape index (κ1) is 17.6. The minimum atomic E-state index is 0.370. The SMILES string of the molecule is COCC#Cc1c(-c2ccccc2)nc2ccc(C#Cc3ccccc3)cn12. The molecular formula is C25H18N2O. The Hall–Kier alpha value is -3.79. The topological polar surface area (TPSA) is 26.5 Å². The van der Waals surface area contributed by atoms with Crippen molar-refractivity contribution in [2.75, 3.05) is 13.7 Å². The lowest BCUT2D eigenvalue weighted by molar-refractivity contribution is 0.240. The Morgan fingerprint density at radius 3 is 2.29 bits per heavy atom. The molecule has 0 atom stereocenters. The number of fused-ring (bicyclic) bond motifs is 1. The van der Waals surface area contributed by atoms with E-state index in [1.807, 2.05) is 83.4 Å². The third kappa shape index (κ3) is 3.81. The van der Waals surface area contributed by atoms with Gasteiger partial charge in [-0.15, -0.1) is 0 Å². The van der Waals surface area contributed by atoms with Crippen molar-refractivity contribution in [2.45, 2.75) is 0 Å². The lowest BCUT2D eigenvalue weighted by Gasteiger charge is -1.99. The van der Waals surface area contributed by atoms with Gasteiger partial charge in [0.1, 0.15) is 23.6 Å². The van der Waals surface area contributed by atoms with E-state index in [-0.39, 0.29) is 0 Å². The predicted molar refractivity (Wildman–Crippen MR) is 112 cm³/mol. The van der Waals surface area contributed by atoms with Crippen LogP contribution in [0.2, 0.25) is 0 Å². The average Bonchev–Trinajstić information content (AvgIpc) is 3.12. The van der Waals surface area contributed by atoms with Gasteiger partial charge in [0.2, 0.25) is 0 Å². The number of nitrogens with zero attached hydrogens (tertiary/aromatic N) is 2. The molecule has 0 unspecified atom stereocenters. The van der Waals surface area contributed by atoms with Crippen LogP contribution < -0.4 is 0 Å². The van der Waals surface area contributed by atoms with Gasteiger partial charge in [-0.2, -0.15) is 0 Å². The van der Waals surface area contributed by atoms with Crippen LogP contribution in [0.5, 0.6) is 0 Å². The highest BCUT2D eigenvalue weighted by atomic mass is 16.5. The van der Waals surface area contributed by atoms with Crippen molar-refractivity contribution in [2.24, 2.45) is 0 Å². The van der Waals surface area contributed by atoms with E-state index in [0.717, 1.165) is 33.7 Å². The van der Waals surface area contributed by atoms with Crippen LogP contribution in [0.25, 0.3) is 16.9 Å². The van der Waals surface area contributed by atoms with Crippen molar-refractivity contribution in [1.82, 2.24) is 9.38 Å². The van der Waals surface area contributed by atoms with E-state index in [9.17, 15) is 0 Å². The van der Waals surface area contributed by atoms with Gasteiger partial charge in [-0.3, -0.25) is 4.40 Å². The summed E-state index contributed by atoms with van der Waals surface area (Å²) >= 11 is 0. The second-order valence-electron chi connectivity index (χ2n) is 6.17. The van der Waals surface area contributed by atoms with Crippen LogP contribution in [0.1, 0.15) is 16.8 Å². The molecule has 0 aliphatic rings. The molecule has 2 heterocycles. The summed E-state index contributed by atoms with van der Waals surface area (Å²) in [6, 6.07) is 24.0. The van der Waals surface area contributed by atoms with Crippen molar-refractivity contribution < 1.29 is 4.74 Å². The van der Waals surface area contributed by atoms with Gasteiger partial charge in [-0.1, -0.05) is 66.3 Å². The Morgan fingerprint density at radius 2 is 1.54 bits per heavy atom. The summed E-state index contributed by atoms with van der Waals surface area (Å²) in [6.07, 6.45) is 1.99. The Bertz CT molecular complexity index is 1220. The molecular weight excluding hydrogens is 344 g/mol. The van der Waals surface area contributed by atoms with Gasteiger partial charge in [-0.05, 0) is 30.2 Å². The normalized spacial score (nSPS) is 10.0. The summed E-state index contributed by atoms with van der Waals surface area (Å²) in [5.41, 5.74) is 5.45. The number of aromatic nitrogens is 2. The second-order valence-corrected chi connectivity index (χ2v) is 6.17. The van der Waals surface area contributed by atoms with E-state index in [2.05, 4.69) is 23.7 Å². The summed E-state index contributed by atoms with van der Waals surface area (Å²) < 4.78 is 7.08. The first-order chi connectivity index (χ1) is 13.8. The van der Waals surface area contributed by atoms with Crippen LogP contribution >= 0.6 is 0 Å². The van der Waals surface area contributed by atoms with Crippen LogP contribution in [0.15, 0.2) is 79.0 Å². The van der Waals surface area contributed by atoms with E-state index in [1.54, 1.807) is 7.11 Å². The first-order valence-electron chi connectivity index (χ1n) is 8.97. The first-order valence-corrected chi connectivity index (χ1v) is 8.97. The highest BCUT2D eigenvalue weighted by Gasteiger charge is 2.12. The number of rotatable bonds is 2. The lowest BCUT2D eigenvalue weighted by Crippen LogP contribution is -1.92. The van der Waals surface area contributed by atoms with E-state index in [1.165, 1.54) is 0 Å². The van der Waals surface area contributed by atoms with E-state index in [4.69, 9.17) is 9.72 Å². The fourth-order valence-electron chi connectivity index (χ4n) is 2.89. The number of ether oxygens (including phenoxy) is 1. The van der Waals surface area contributed by atoms with Gasteiger partial charge < -0.3 is 4.74 Å². The highest BCUT2D eigenvalue weighted by Crippen LogP contribution is 2.24. The van der Waals surface area contributed by atoms with E-state index in [0.29, 0.717) is 6.61 Å². The third-order valence-electron chi connectivity index (χ3n) is 4.21. The minimum Gasteiger partial charge on any atom is -0.372 e. The Kier molecular flexibility index (Phi) is 5.20. The van der Waals surface area contributed by atoms with Crippen LogP contribution in [0.4, 0.5) is 0 Å². The molecule has 0 fully saturated rings. The van der Waals surface area contributed by atoms with Gasteiger partial charge in [0.25, 0.3) is 0 Å². The van der Waals surface area contributed by atoms with Crippen molar-refractivity contribution in [3.63, 3.8) is 0 Å². The molecule has 0 radical (unpaired) electrons. The molecule has 0 amide bonds. The lowest BCUT2D eigenvalue weighted by atomic mass is 10.1. The van der Waals surface area contributed by atoms with Crippen molar-refractivity contribution in [3.8, 4) is 34.9 Å². The smallest absolute Gasteiger partial charge is 0.138 e. The average molecular weight is 362 g/mol. The molecule has 28 heavy (non-hydrogen) atoms. The van der Waals surface area contributed by atoms with E-state index >= 15 is 0 Å². The maximum atomic E-state index is 5.08. The summed E-state index contributed by atoms with van der Waals surface area (Å²) in [5.74, 6) is 12.7. The molecule has 0 saturated carbocycles. The van der Waals surface area contributed by atoms with E-state index < -0.39 is 0 Å². The molecule has 0 spiro atoms. The molecule has 3 nitrogen and oxygen atoms in total. The molecule has 0 aliphatic carbocycles. The maximum Gasteiger partial charge on any atom is 0.138 e. The minimum absolute atomic E-state index is 0.370. The number of pyridine rings is 1. The Balaban J connectivity index is 1.83. The molecule has 0 saturated heterocycles. The zero-order chi connectivity index (χ0) is 19.2. The molecule has 0 bridgehead atoms. The standard InChI is InChI=1S/C25H18N2O/c1-28-18-8-13-23-25(22-11-6-3-7-12-22)26-24-17-16-21(19-27(23)24)15-14-20-9-4-2-5-10-20/h2-7,9-12,16-17,19H,18H2,1H3. The largest absolute Gasteiger partial charge is 0.372 e. The highest BCUT2D eigenvalue weighted by molar-refractivity contribution is 5.70. The number of hydrogen-bond acceptors (Lipinski definition) is 2. The van der Waals surface area contributed by atoms with Gasteiger partial charge in [-0.25, -0.2) is 4.98 Å². The number of methoxy groups -OCH3 is 1. The predicted octanol–water partition coefficient (Wildman–Crippen LogP) is 4.40. The fourth-order valence-corrected chi connectivity index (χ4v) is 2.89. The van der Waals surface area contributed by atoms with Gasteiger partial charge in [0.15, 0.2) is 0 Å². The van der Waals surface area contributed by atoms with Crippen LogP contribution in [-0.2, 0) is 4.74 Å². The quantitative estimate of drug-likeness (QED) is 0.494. The number of imidazole rings is 1. The fraction of sp³-hybridized carbons (Fsp3) is 0.0800. The van der Waals surface area contributed by atoms with Gasteiger partial charge in [0.05, 0.1) is 0 Å². The molecule has 134 valence electrons. The zero-order valence-corrected chi connectivity index (χ0v) is 15.5. The molecule has 0 N–H and O–H groups in total. The van der Waals surface area contributed by atoms with Crippen LogP contribution in [0, 0.1) is 23.7 Å². The molecule has 4 rings (SSSR count). The second kappa shape index (κ2) is 8.27. The van der Waals surface area contributed by atoms with Crippen LogP contribution in [0.3, 0.4) is 0 Å². The van der Waals surface area contributed by atoms with Gasteiger partial charge in [0, 0.05) is 30.0 Å². The van der Waals surface area contributed by atoms with Gasteiger partial charge >= 0.3 is 0 Å². The molecule has 4 aromatic rings. The third-order valence-corrected chi connectivity index (χ3v) is 4.21. The molecule has 2 aromatic heterocycles.